The molecule has 0 aliphatic rings. The van der Waals surface area contributed by atoms with Gasteiger partial charge in [-0.15, -0.1) is 0 Å². The van der Waals surface area contributed by atoms with Crippen molar-refractivity contribution in [3.05, 3.63) is 54.1 Å². The number of ether oxygens (including phenoxy) is 1. The number of anilines is 2. The van der Waals surface area contributed by atoms with Gasteiger partial charge in [0.2, 0.25) is 11.8 Å². The van der Waals surface area contributed by atoms with E-state index in [1.54, 1.807) is 12.0 Å². The first-order valence-corrected chi connectivity index (χ1v) is 10.00. The van der Waals surface area contributed by atoms with Gasteiger partial charge in [0.05, 0.1) is 7.11 Å². The van der Waals surface area contributed by atoms with Crippen molar-refractivity contribution in [3.63, 3.8) is 0 Å². The van der Waals surface area contributed by atoms with E-state index in [1.165, 1.54) is 6.92 Å². The molecule has 6 heteroatoms. The zero-order chi connectivity index (χ0) is 21.2. The molecule has 6 nitrogen and oxygen atoms in total. The average Bonchev–Trinajstić information content (AvgIpc) is 2.73. The maximum Gasteiger partial charge on any atom is 0.226 e. The second-order valence-electron chi connectivity index (χ2n) is 6.81. The van der Waals surface area contributed by atoms with E-state index in [0.717, 1.165) is 35.8 Å². The van der Waals surface area contributed by atoms with Crippen LogP contribution in [0.1, 0.15) is 32.8 Å². The molecule has 0 fully saturated rings. The summed E-state index contributed by atoms with van der Waals surface area (Å²) < 4.78 is 5.15. The van der Waals surface area contributed by atoms with Crippen LogP contribution in [-0.4, -0.2) is 43.5 Å². The van der Waals surface area contributed by atoms with Crippen molar-refractivity contribution in [3.8, 4) is 5.75 Å². The fourth-order valence-electron chi connectivity index (χ4n) is 3.10. The van der Waals surface area contributed by atoms with Gasteiger partial charge in [-0.3, -0.25) is 9.59 Å². The number of benzene rings is 2. The van der Waals surface area contributed by atoms with Crippen LogP contribution in [0, 0.1) is 0 Å². The van der Waals surface area contributed by atoms with Crippen molar-refractivity contribution in [1.82, 2.24) is 4.90 Å². The van der Waals surface area contributed by atoms with Crippen molar-refractivity contribution in [2.24, 2.45) is 0 Å². The molecule has 0 saturated carbocycles. The molecular formula is C23H31N3O3. The zero-order valence-electron chi connectivity index (χ0n) is 17.8. The molecule has 2 rings (SSSR count). The molecule has 0 unspecified atom stereocenters. The van der Waals surface area contributed by atoms with E-state index in [2.05, 4.69) is 24.1 Å². The highest BCUT2D eigenvalue weighted by Gasteiger charge is 2.12. The molecule has 0 bridgehead atoms. The summed E-state index contributed by atoms with van der Waals surface area (Å²) in [6, 6.07) is 15.4. The Morgan fingerprint density at radius 2 is 1.59 bits per heavy atom. The molecule has 156 valence electrons. The van der Waals surface area contributed by atoms with Crippen LogP contribution in [0.2, 0.25) is 0 Å². The van der Waals surface area contributed by atoms with Gasteiger partial charge in [-0.1, -0.05) is 12.1 Å². The third-order valence-corrected chi connectivity index (χ3v) is 4.87. The molecule has 0 aliphatic carbocycles. The number of rotatable bonds is 10. The van der Waals surface area contributed by atoms with Crippen molar-refractivity contribution in [2.45, 2.75) is 33.7 Å². The second kappa shape index (κ2) is 11.1. The molecule has 2 aromatic carbocycles. The Labute approximate surface area is 173 Å². The predicted molar refractivity (Wildman–Crippen MR) is 117 cm³/mol. The van der Waals surface area contributed by atoms with Crippen LogP contribution in [0.3, 0.4) is 0 Å². The first kappa shape index (κ1) is 22.3. The van der Waals surface area contributed by atoms with E-state index in [0.29, 0.717) is 13.1 Å². The number of nitrogens with one attached hydrogen (secondary N) is 1. The standard InChI is InChI=1S/C23H31N3O3/c1-5-25(6-2)21-11-9-20(10-12-21)24-23(28)15-16-26(18(3)27)17-19-7-13-22(29-4)14-8-19/h7-14H,5-6,15-17H2,1-4H3,(H,24,28). The van der Waals surface area contributed by atoms with Gasteiger partial charge in [-0.05, 0) is 55.8 Å². The van der Waals surface area contributed by atoms with Gasteiger partial charge >= 0.3 is 0 Å². The van der Waals surface area contributed by atoms with Crippen LogP contribution in [0.4, 0.5) is 11.4 Å². The molecule has 0 heterocycles. The molecule has 0 spiro atoms. The fourth-order valence-corrected chi connectivity index (χ4v) is 3.10. The minimum absolute atomic E-state index is 0.0582. The number of amides is 2. The molecule has 29 heavy (non-hydrogen) atoms. The first-order valence-electron chi connectivity index (χ1n) is 10.00. The number of hydrogen-bond acceptors (Lipinski definition) is 4. The van der Waals surface area contributed by atoms with Gasteiger partial charge in [0, 0.05) is 50.9 Å². The monoisotopic (exact) mass is 397 g/mol. The summed E-state index contributed by atoms with van der Waals surface area (Å²) in [5, 5.41) is 2.91. The quantitative estimate of drug-likeness (QED) is 0.660. The molecule has 0 aliphatic heterocycles. The summed E-state index contributed by atoms with van der Waals surface area (Å²) in [6.45, 7) is 8.47. The molecule has 0 aromatic heterocycles. The van der Waals surface area contributed by atoms with Crippen molar-refractivity contribution in [2.75, 3.05) is 37.0 Å². The number of hydrogen-bond donors (Lipinski definition) is 1. The Kier molecular flexibility index (Phi) is 8.52. The second-order valence-corrected chi connectivity index (χ2v) is 6.81. The zero-order valence-corrected chi connectivity index (χ0v) is 17.8. The first-order chi connectivity index (χ1) is 14.0. The maximum absolute atomic E-state index is 12.3. The van der Waals surface area contributed by atoms with Crippen molar-refractivity contribution >= 4 is 23.2 Å². The highest BCUT2D eigenvalue weighted by Crippen LogP contribution is 2.18. The minimum Gasteiger partial charge on any atom is -0.497 e. The van der Waals surface area contributed by atoms with E-state index < -0.39 is 0 Å². The van der Waals surface area contributed by atoms with Crippen molar-refractivity contribution in [1.29, 1.82) is 0 Å². The third kappa shape index (κ3) is 6.82. The van der Waals surface area contributed by atoms with E-state index in [9.17, 15) is 9.59 Å². The number of carbonyl (C=O) groups is 2. The van der Waals surface area contributed by atoms with E-state index in [4.69, 9.17) is 4.74 Å². The fraction of sp³-hybridized carbons (Fsp3) is 0.391. The Hall–Kier alpha value is -3.02. The minimum atomic E-state index is -0.110. The summed E-state index contributed by atoms with van der Waals surface area (Å²) >= 11 is 0. The Morgan fingerprint density at radius 3 is 2.10 bits per heavy atom. The highest BCUT2D eigenvalue weighted by molar-refractivity contribution is 5.91. The lowest BCUT2D eigenvalue weighted by atomic mass is 10.2. The summed E-state index contributed by atoms with van der Waals surface area (Å²) in [7, 11) is 1.62. The highest BCUT2D eigenvalue weighted by atomic mass is 16.5. The normalized spacial score (nSPS) is 10.3. The number of nitrogens with zero attached hydrogens (tertiary/aromatic N) is 2. The summed E-state index contributed by atoms with van der Waals surface area (Å²) in [6.07, 6.45) is 0.244. The number of carbonyl (C=O) groups excluding carboxylic acids is 2. The molecule has 1 N–H and O–H groups in total. The molecule has 2 aromatic rings. The van der Waals surface area contributed by atoms with Crippen LogP contribution in [0.5, 0.6) is 5.75 Å². The van der Waals surface area contributed by atoms with Gasteiger partial charge in [-0.25, -0.2) is 0 Å². The predicted octanol–water partition coefficient (Wildman–Crippen LogP) is 3.92. The Bertz CT molecular complexity index is 784. The maximum atomic E-state index is 12.3. The van der Waals surface area contributed by atoms with Gasteiger partial charge in [0.1, 0.15) is 5.75 Å². The summed E-state index contributed by atoms with van der Waals surface area (Å²) in [5.74, 6) is 0.605. The van der Waals surface area contributed by atoms with Gasteiger partial charge < -0.3 is 19.9 Å². The molecule has 0 radical (unpaired) electrons. The summed E-state index contributed by atoms with van der Waals surface area (Å²) in [5.41, 5.74) is 2.89. The average molecular weight is 398 g/mol. The van der Waals surface area contributed by atoms with Crippen LogP contribution in [0.25, 0.3) is 0 Å². The van der Waals surface area contributed by atoms with Crippen LogP contribution in [0.15, 0.2) is 48.5 Å². The van der Waals surface area contributed by atoms with Crippen molar-refractivity contribution < 1.29 is 14.3 Å². The Morgan fingerprint density at radius 1 is 0.966 bits per heavy atom. The van der Waals surface area contributed by atoms with Gasteiger partial charge in [0.25, 0.3) is 0 Å². The van der Waals surface area contributed by atoms with Crippen LogP contribution >= 0.6 is 0 Å². The van der Waals surface area contributed by atoms with Crippen LogP contribution in [-0.2, 0) is 16.1 Å². The lowest BCUT2D eigenvalue weighted by Gasteiger charge is -2.22. The Balaban J connectivity index is 1.88. The van der Waals surface area contributed by atoms with Gasteiger partial charge in [-0.2, -0.15) is 0 Å². The molecule has 0 saturated heterocycles. The lowest BCUT2D eigenvalue weighted by molar-refractivity contribution is -0.129. The van der Waals surface area contributed by atoms with E-state index in [1.807, 2.05) is 48.5 Å². The van der Waals surface area contributed by atoms with E-state index >= 15 is 0 Å². The largest absolute Gasteiger partial charge is 0.497 e. The molecular weight excluding hydrogens is 366 g/mol. The SMILES string of the molecule is CCN(CC)c1ccc(NC(=O)CCN(Cc2ccc(OC)cc2)C(C)=O)cc1. The third-order valence-electron chi connectivity index (χ3n) is 4.87. The van der Waals surface area contributed by atoms with Crippen LogP contribution < -0.4 is 15.0 Å². The number of methoxy groups -OCH3 is 1. The molecule has 0 atom stereocenters. The summed E-state index contributed by atoms with van der Waals surface area (Å²) in [4.78, 5) is 28.2. The lowest BCUT2D eigenvalue weighted by Crippen LogP contribution is -2.31. The van der Waals surface area contributed by atoms with E-state index in [-0.39, 0.29) is 18.2 Å². The smallest absolute Gasteiger partial charge is 0.226 e. The molecule has 2 amide bonds. The topological polar surface area (TPSA) is 61.9 Å². The van der Waals surface area contributed by atoms with Gasteiger partial charge in [0.15, 0.2) is 0 Å².